The number of amides is 2. The van der Waals surface area contributed by atoms with Crippen LogP contribution in [0.2, 0.25) is 5.02 Å². The molecule has 2 aliphatic rings. The summed E-state index contributed by atoms with van der Waals surface area (Å²) in [5, 5.41) is 0.275. The van der Waals surface area contributed by atoms with Gasteiger partial charge in [0.15, 0.2) is 0 Å². The lowest BCUT2D eigenvalue weighted by Gasteiger charge is -2.42. The fourth-order valence-corrected chi connectivity index (χ4v) is 3.09. The third kappa shape index (κ3) is 2.16. The van der Waals surface area contributed by atoms with Gasteiger partial charge in [-0.2, -0.15) is 0 Å². The highest BCUT2D eigenvalue weighted by Gasteiger charge is 2.41. The van der Waals surface area contributed by atoms with E-state index in [1.807, 2.05) is 0 Å². The zero-order valence-electron chi connectivity index (χ0n) is 10.8. The molecule has 1 atom stereocenters. The predicted molar refractivity (Wildman–Crippen MR) is 73.1 cm³/mol. The number of fused-ring (bicyclic) bond motifs is 1. The van der Waals surface area contributed by atoms with Gasteiger partial charge in [-0.1, -0.05) is 11.6 Å². The molecule has 1 aromatic carbocycles. The zero-order chi connectivity index (χ0) is 14.3. The quantitative estimate of drug-likeness (QED) is 0.797. The van der Waals surface area contributed by atoms with Crippen molar-refractivity contribution in [2.75, 3.05) is 18.0 Å². The van der Waals surface area contributed by atoms with Crippen molar-refractivity contribution in [3.63, 3.8) is 0 Å². The summed E-state index contributed by atoms with van der Waals surface area (Å²) in [6, 6.07) is 3.41. The molecule has 0 aromatic heterocycles. The van der Waals surface area contributed by atoms with Crippen molar-refractivity contribution in [3.05, 3.63) is 29.0 Å². The summed E-state index contributed by atoms with van der Waals surface area (Å²) in [5.74, 6) is -0.748. The Kier molecular flexibility index (Phi) is 3.38. The van der Waals surface area contributed by atoms with Crippen molar-refractivity contribution in [1.82, 2.24) is 4.90 Å². The zero-order valence-corrected chi connectivity index (χ0v) is 11.6. The van der Waals surface area contributed by atoms with Crippen LogP contribution in [0.25, 0.3) is 0 Å². The summed E-state index contributed by atoms with van der Waals surface area (Å²) in [6.07, 6.45) is 2.51. The Balaban J connectivity index is 1.96. The highest BCUT2D eigenvalue weighted by Crippen LogP contribution is 2.31. The largest absolute Gasteiger partial charge is 0.329 e. The normalized spacial score (nSPS) is 23.0. The van der Waals surface area contributed by atoms with Gasteiger partial charge in [-0.25, -0.2) is 4.39 Å². The average molecular weight is 297 g/mol. The summed E-state index contributed by atoms with van der Waals surface area (Å²) < 4.78 is 13.4. The molecule has 0 saturated carbocycles. The highest BCUT2D eigenvalue weighted by atomic mass is 35.5. The number of carbonyl (C=O) groups excluding carboxylic acids is 2. The van der Waals surface area contributed by atoms with E-state index in [1.54, 1.807) is 4.90 Å². The van der Waals surface area contributed by atoms with Gasteiger partial charge in [0.25, 0.3) is 0 Å². The molecule has 2 heterocycles. The molecule has 0 spiro atoms. The van der Waals surface area contributed by atoms with E-state index in [0.717, 1.165) is 12.8 Å². The van der Waals surface area contributed by atoms with Crippen LogP contribution in [0.5, 0.6) is 0 Å². The SMILES string of the molecule is O=C1C2CCCCN2C(=O)CN1c1cc(F)ccc1Cl. The maximum atomic E-state index is 13.4. The highest BCUT2D eigenvalue weighted by molar-refractivity contribution is 6.34. The van der Waals surface area contributed by atoms with Crippen LogP contribution in [0.15, 0.2) is 18.2 Å². The summed E-state index contributed by atoms with van der Waals surface area (Å²) in [6.45, 7) is 0.554. The molecule has 0 radical (unpaired) electrons. The Morgan fingerprint density at radius 3 is 2.85 bits per heavy atom. The maximum Gasteiger partial charge on any atom is 0.250 e. The molecule has 1 unspecified atom stereocenters. The van der Waals surface area contributed by atoms with Crippen molar-refractivity contribution in [2.45, 2.75) is 25.3 Å². The summed E-state index contributed by atoms with van der Waals surface area (Å²) in [5.41, 5.74) is 0.273. The molecule has 2 amide bonds. The van der Waals surface area contributed by atoms with E-state index < -0.39 is 11.9 Å². The van der Waals surface area contributed by atoms with Crippen molar-refractivity contribution >= 4 is 29.1 Å². The Bertz CT molecular complexity index is 578. The van der Waals surface area contributed by atoms with E-state index in [0.29, 0.717) is 13.0 Å². The summed E-state index contributed by atoms with van der Waals surface area (Å²) >= 11 is 6.03. The molecule has 2 aliphatic heterocycles. The van der Waals surface area contributed by atoms with Crippen LogP contribution in [0.1, 0.15) is 19.3 Å². The third-order valence-electron chi connectivity index (χ3n) is 3.87. The van der Waals surface area contributed by atoms with Gasteiger partial charge in [0.05, 0.1) is 10.7 Å². The van der Waals surface area contributed by atoms with Gasteiger partial charge in [-0.15, -0.1) is 0 Å². The van der Waals surface area contributed by atoms with Gasteiger partial charge < -0.3 is 4.90 Å². The second-order valence-corrected chi connectivity index (χ2v) is 5.53. The van der Waals surface area contributed by atoms with E-state index in [4.69, 9.17) is 11.6 Å². The van der Waals surface area contributed by atoms with Gasteiger partial charge in [-0.3, -0.25) is 14.5 Å². The number of hydrogen-bond donors (Lipinski definition) is 0. The van der Waals surface area contributed by atoms with Crippen LogP contribution in [0.3, 0.4) is 0 Å². The first-order valence-electron chi connectivity index (χ1n) is 6.64. The molecule has 0 N–H and O–H groups in total. The molecule has 2 fully saturated rings. The van der Waals surface area contributed by atoms with E-state index >= 15 is 0 Å². The molecule has 3 rings (SSSR count). The standard InChI is InChI=1S/C14H14ClFN2O2/c15-10-5-4-9(16)7-12(10)18-8-13(19)17-6-2-1-3-11(17)14(18)20/h4-5,7,11H,1-3,6,8H2. The van der Waals surface area contributed by atoms with E-state index in [9.17, 15) is 14.0 Å². The second kappa shape index (κ2) is 5.05. The van der Waals surface area contributed by atoms with Gasteiger partial charge in [-0.05, 0) is 37.5 Å². The molecule has 4 nitrogen and oxygen atoms in total. The number of carbonyl (C=O) groups is 2. The van der Waals surface area contributed by atoms with Crippen molar-refractivity contribution in [3.8, 4) is 0 Å². The van der Waals surface area contributed by atoms with Crippen LogP contribution < -0.4 is 4.90 Å². The molecule has 1 aromatic rings. The minimum atomic E-state index is -0.476. The van der Waals surface area contributed by atoms with Crippen molar-refractivity contribution < 1.29 is 14.0 Å². The number of piperidine rings is 1. The topological polar surface area (TPSA) is 40.6 Å². The summed E-state index contributed by atoms with van der Waals surface area (Å²) in [7, 11) is 0. The first kappa shape index (κ1) is 13.4. The lowest BCUT2D eigenvalue weighted by molar-refractivity contribution is -0.144. The van der Waals surface area contributed by atoms with E-state index in [1.165, 1.54) is 23.1 Å². The van der Waals surface area contributed by atoms with Crippen LogP contribution in [0, 0.1) is 5.82 Å². The monoisotopic (exact) mass is 296 g/mol. The van der Waals surface area contributed by atoms with E-state index in [2.05, 4.69) is 0 Å². The Labute approximate surface area is 121 Å². The second-order valence-electron chi connectivity index (χ2n) is 5.12. The smallest absolute Gasteiger partial charge is 0.250 e. The molecular formula is C14H14ClFN2O2. The van der Waals surface area contributed by atoms with Crippen LogP contribution in [0.4, 0.5) is 10.1 Å². The van der Waals surface area contributed by atoms with Gasteiger partial charge in [0, 0.05) is 6.54 Å². The average Bonchev–Trinajstić information content (AvgIpc) is 2.46. The minimum Gasteiger partial charge on any atom is -0.329 e. The number of benzene rings is 1. The van der Waals surface area contributed by atoms with Crippen LogP contribution in [-0.2, 0) is 9.59 Å². The molecule has 6 heteroatoms. The summed E-state index contributed by atoms with van der Waals surface area (Å²) in [4.78, 5) is 27.6. The van der Waals surface area contributed by atoms with Crippen LogP contribution >= 0.6 is 11.6 Å². The number of halogens is 2. The van der Waals surface area contributed by atoms with Gasteiger partial charge in [0.1, 0.15) is 18.4 Å². The first-order chi connectivity index (χ1) is 9.58. The first-order valence-corrected chi connectivity index (χ1v) is 7.01. The van der Waals surface area contributed by atoms with Gasteiger partial charge in [0.2, 0.25) is 11.8 Å². The van der Waals surface area contributed by atoms with Crippen molar-refractivity contribution in [2.24, 2.45) is 0 Å². The van der Waals surface area contributed by atoms with Gasteiger partial charge >= 0.3 is 0 Å². The number of hydrogen-bond acceptors (Lipinski definition) is 2. The maximum absolute atomic E-state index is 13.4. The Morgan fingerprint density at radius 2 is 2.05 bits per heavy atom. The molecule has 106 valence electrons. The number of anilines is 1. The Hall–Kier alpha value is -1.62. The number of nitrogens with zero attached hydrogens (tertiary/aromatic N) is 2. The molecule has 0 bridgehead atoms. The fraction of sp³-hybridized carbons (Fsp3) is 0.429. The van der Waals surface area contributed by atoms with Crippen LogP contribution in [-0.4, -0.2) is 35.8 Å². The molecule has 20 heavy (non-hydrogen) atoms. The predicted octanol–water partition coefficient (Wildman–Crippen LogP) is 2.21. The van der Waals surface area contributed by atoms with Crippen molar-refractivity contribution in [1.29, 1.82) is 0 Å². The molecule has 2 saturated heterocycles. The Morgan fingerprint density at radius 1 is 1.25 bits per heavy atom. The minimum absolute atomic E-state index is 0.0709. The lowest BCUT2D eigenvalue weighted by atomic mass is 9.98. The molecular weight excluding hydrogens is 283 g/mol. The van der Waals surface area contributed by atoms with E-state index in [-0.39, 0.29) is 29.1 Å². The fourth-order valence-electron chi connectivity index (χ4n) is 2.87. The number of rotatable bonds is 1. The lowest BCUT2D eigenvalue weighted by Crippen LogP contribution is -2.61. The third-order valence-corrected chi connectivity index (χ3v) is 4.19. The number of piperazine rings is 1. The molecule has 0 aliphatic carbocycles.